The molecule has 0 bridgehead atoms. The van der Waals surface area contributed by atoms with Crippen LogP contribution < -0.4 is 5.73 Å². The van der Waals surface area contributed by atoms with E-state index in [-0.39, 0.29) is 30.5 Å². The van der Waals surface area contributed by atoms with E-state index < -0.39 is 23.7 Å². The number of primary amides is 1. The standard InChI is InChI=1S/C11H11ClFN3O3/c12-9-7(3-6(13)4-15-9)11(18)16-1-2-19-5-8(16)10(14)17/h3-4,8H,1-2,5H2,(H2,14,17). The first-order valence-corrected chi connectivity index (χ1v) is 5.87. The van der Waals surface area contributed by atoms with Crippen LogP contribution in [0.15, 0.2) is 12.3 Å². The lowest BCUT2D eigenvalue weighted by molar-refractivity contribution is -0.127. The average Bonchev–Trinajstić information content (AvgIpc) is 2.40. The molecule has 6 nitrogen and oxygen atoms in total. The van der Waals surface area contributed by atoms with E-state index in [1.807, 2.05) is 0 Å². The lowest BCUT2D eigenvalue weighted by Crippen LogP contribution is -2.54. The molecule has 0 aliphatic carbocycles. The highest BCUT2D eigenvalue weighted by Crippen LogP contribution is 2.19. The maximum atomic E-state index is 13.1. The normalized spacial score (nSPS) is 19.3. The van der Waals surface area contributed by atoms with Crippen molar-refractivity contribution in [3.05, 3.63) is 28.8 Å². The van der Waals surface area contributed by atoms with Gasteiger partial charge in [-0.1, -0.05) is 11.6 Å². The molecular weight excluding hydrogens is 277 g/mol. The van der Waals surface area contributed by atoms with Gasteiger partial charge in [-0.15, -0.1) is 0 Å². The van der Waals surface area contributed by atoms with Gasteiger partial charge in [-0.25, -0.2) is 9.37 Å². The molecule has 102 valence electrons. The van der Waals surface area contributed by atoms with E-state index in [9.17, 15) is 14.0 Å². The van der Waals surface area contributed by atoms with E-state index in [0.717, 1.165) is 12.3 Å². The number of hydrogen-bond acceptors (Lipinski definition) is 4. The second kappa shape index (κ2) is 5.50. The molecule has 1 atom stereocenters. The monoisotopic (exact) mass is 287 g/mol. The van der Waals surface area contributed by atoms with E-state index in [1.165, 1.54) is 4.90 Å². The quantitative estimate of drug-likeness (QED) is 0.788. The van der Waals surface area contributed by atoms with Crippen LogP contribution in [0.1, 0.15) is 10.4 Å². The molecule has 2 N–H and O–H groups in total. The first-order valence-electron chi connectivity index (χ1n) is 5.50. The van der Waals surface area contributed by atoms with Gasteiger partial charge in [0, 0.05) is 6.54 Å². The third-order valence-electron chi connectivity index (χ3n) is 2.75. The Hall–Kier alpha value is -1.73. The van der Waals surface area contributed by atoms with Crippen molar-refractivity contribution in [1.82, 2.24) is 9.88 Å². The number of nitrogens with zero attached hydrogens (tertiary/aromatic N) is 2. The first-order chi connectivity index (χ1) is 9.00. The van der Waals surface area contributed by atoms with Crippen LogP contribution in [0.2, 0.25) is 5.15 Å². The molecule has 0 saturated carbocycles. The number of amides is 2. The maximum Gasteiger partial charge on any atom is 0.257 e. The van der Waals surface area contributed by atoms with Crippen molar-refractivity contribution in [2.75, 3.05) is 19.8 Å². The number of morpholine rings is 1. The third kappa shape index (κ3) is 2.82. The summed E-state index contributed by atoms with van der Waals surface area (Å²) in [5.41, 5.74) is 5.10. The number of ether oxygens (including phenoxy) is 1. The molecule has 1 aromatic rings. The molecule has 0 aromatic carbocycles. The predicted octanol–water partition coefficient (Wildman–Crippen LogP) is 0.200. The molecule has 0 radical (unpaired) electrons. The maximum absolute atomic E-state index is 13.1. The average molecular weight is 288 g/mol. The van der Waals surface area contributed by atoms with Crippen molar-refractivity contribution in [2.24, 2.45) is 5.73 Å². The minimum Gasteiger partial charge on any atom is -0.377 e. The number of halogens is 2. The Balaban J connectivity index is 2.31. The van der Waals surface area contributed by atoms with E-state index >= 15 is 0 Å². The summed E-state index contributed by atoms with van der Waals surface area (Å²) in [6.45, 7) is 0.469. The number of aromatic nitrogens is 1. The van der Waals surface area contributed by atoms with E-state index in [0.29, 0.717) is 0 Å². The molecule has 2 amide bonds. The fourth-order valence-electron chi connectivity index (χ4n) is 1.81. The van der Waals surface area contributed by atoms with Gasteiger partial charge < -0.3 is 15.4 Å². The number of pyridine rings is 1. The molecular formula is C11H11ClFN3O3. The highest BCUT2D eigenvalue weighted by atomic mass is 35.5. The van der Waals surface area contributed by atoms with Crippen molar-refractivity contribution in [1.29, 1.82) is 0 Å². The van der Waals surface area contributed by atoms with Gasteiger partial charge in [0.1, 0.15) is 17.0 Å². The van der Waals surface area contributed by atoms with Gasteiger partial charge >= 0.3 is 0 Å². The van der Waals surface area contributed by atoms with E-state index in [1.54, 1.807) is 0 Å². The molecule has 1 unspecified atom stereocenters. The lowest BCUT2D eigenvalue weighted by Gasteiger charge is -2.33. The largest absolute Gasteiger partial charge is 0.377 e. The molecule has 1 aliphatic heterocycles. The van der Waals surface area contributed by atoms with Crippen molar-refractivity contribution in [3.63, 3.8) is 0 Å². The summed E-state index contributed by atoms with van der Waals surface area (Å²) < 4.78 is 18.2. The van der Waals surface area contributed by atoms with Crippen LogP contribution in [0.4, 0.5) is 4.39 Å². The van der Waals surface area contributed by atoms with Gasteiger partial charge in [0.15, 0.2) is 0 Å². The Labute approximate surface area is 113 Å². The van der Waals surface area contributed by atoms with Crippen molar-refractivity contribution >= 4 is 23.4 Å². The zero-order chi connectivity index (χ0) is 14.0. The van der Waals surface area contributed by atoms with E-state index in [2.05, 4.69) is 4.98 Å². The van der Waals surface area contributed by atoms with Crippen LogP contribution in [0.3, 0.4) is 0 Å². The van der Waals surface area contributed by atoms with Crippen molar-refractivity contribution in [2.45, 2.75) is 6.04 Å². The van der Waals surface area contributed by atoms with E-state index in [4.69, 9.17) is 22.1 Å². The summed E-state index contributed by atoms with van der Waals surface area (Å²) in [5, 5.41) is -0.124. The van der Waals surface area contributed by atoms with Gasteiger partial charge in [-0.2, -0.15) is 0 Å². The molecule has 0 spiro atoms. The molecule has 1 aromatic heterocycles. The summed E-state index contributed by atoms with van der Waals surface area (Å²) in [5.74, 6) is -1.96. The van der Waals surface area contributed by atoms with Crippen LogP contribution in [-0.4, -0.2) is 47.5 Å². The molecule has 2 heterocycles. The minimum absolute atomic E-state index is 0.0153. The molecule has 8 heteroatoms. The molecule has 1 aliphatic rings. The summed E-state index contributed by atoms with van der Waals surface area (Å²) in [4.78, 5) is 28.3. The topological polar surface area (TPSA) is 85.5 Å². The highest BCUT2D eigenvalue weighted by molar-refractivity contribution is 6.32. The smallest absolute Gasteiger partial charge is 0.257 e. The fourth-order valence-corrected chi connectivity index (χ4v) is 1.99. The van der Waals surface area contributed by atoms with Gasteiger partial charge in [-0.3, -0.25) is 9.59 Å². The van der Waals surface area contributed by atoms with Gasteiger partial charge in [0.25, 0.3) is 5.91 Å². The summed E-state index contributed by atoms with van der Waals surface area (Å²) >= 11 is 5.76. The number of rotatable bonds is 2. The van der Waals surface area contributed by atoms with Crippen LogP contribution in [0.5, 0.6) is 0 Å². The number of hydrogen-bond donors (Lipinski definition) is 1. The lowest BCUT2D eigenvalue weighted by atomic mass is 10.1. The number of carbonyl (C=O) groups excluding carboxylic acids is 2. The second-order valence-electron chi connectivity index (χ2n) is 3.98. The molecule has 19 heavy (non-hydrogen) atoms. The Morgan fingerprint density at radius 2 is 2.32 bits per heavy atom. The highest BCUT2D eigenvalue weighted by Gasteiger charge is 2.33. The zero-order valence-electron chi connectivity index (χ0n) is 9.81. The number of nitrogens with two attached hydrogens (primary N) is 1. The van der Waals surface area contributed by atoms with Crippen LogP contribution in [-0.2, 0) is 9.53 Å². The Morgan fingerprint density at radius 3 is 3.00 bits per heavy atom. The van der Waals surface area contributed by atoms with Crippen LogP contribution in [0.25, 0.3) is 0 Å². The van der Waals surface area contributed by atoms with Crippen molar-refractivity contribution < 1.29 is 18.7 Å². The van der Waals surface area contributed by atoms with Gasteiger partial charge in [0.05, 0.1) is 25.0 Å². The SMILES string of the molecule is NC(=O)C1COCCN1C(=O)c1cc(F)cnc1Cl. The van der Waals surface area contributed by atoms with Crippen LogP contribution >= 0.6 is 11.6 Å². The van der Waals surface area contributed by atoms with Crippen LogP contribution in [0, 0.1) is 5.82 Å². The third-order valence-corrected chi connectivity index (χ3v) is 3.06. The fraction of sp³-hybridized carbons (Fsp3) is 0.364. The Kier molecular flexibility index (Phi) is 3.96. The predicted molar refractivity (Wildman–Crippen MR) is 64.0 cm³/mol. The minimum atomic E-state index is -0.888. The first kappa shape index (κ1) is 13.7. The Morgan fingerprint density at radius 1 is 1.58 bits per heavy atom. The molecule has 2 rings (SSSR count). The molecule has 1 saturated heterocycles. The van der Waals surface area contributed by atoms with Crippen molar-refractivity contribution in [3.8, 4) is 0 Å². The molecule has 1 fully saturated rings. The summed E-state index contributed by atoms with van der Waals surface area (Å²) in [7, 11) is 0. The van der Waals surface area contributed by atoms with Gasteiger partial charge in [0.2, 0.25) is 5.91 Å². The summed E-state index contributed by atoms with van der Waals surface area (Å²) in [6.07, 6.45) is 0.907. The zero-order valence-corrected chi connectivity index (χ0v) is 10.6. The second-order valence-corrected chi connectivity index (χ2v) is 4.34. The summed E-state index contributed by atoms with van der Waals surface area (Å²) in [6, 6.07) is 0.0890. The number of carbonyl (C=O) groups is 2. The Bertz CT molecular complexity index is 526. The van der Waals surface area contributed by atoms with Gasteiger partial charge in [-0.05, 0) is 6.07 Å².